The molecule has 0 amide bonds. The molecule has 1 N–H and O–H groups in total. The van der Waals surface area contributed by atoms with Crippen LogP contribution in [0.3, 0.4) is 0 Å². The van der Waals surface area contributed by atoms with Crippen LogP contribution in [0.5, 0.6) is 0 Å². The number of rotatable bonds is 6. The minimum atomic E-state index is 0.241. The second-order valence-electron chi connectivity index (χ2n) is 5.40. The van der Waals surface area contributed by atoms with Gasteiger partial charge in [-0.25, -0.2) is 0 Å². The molecule has 3 unspecified atom stereocenters. The number of ether oxygens (including phenoxy) is 1. The molecule has 3 atom stereocenters. The van der Waals surface area contributed by atoms with Gasteiger partial charge in [0.05, 0.1) is 19.8 Å². The molecule has 2 fully saturated rings. The molecule has 0 aromatic rings. The standard InChI is InChI=1S/C13H27N3O2/c1-4-14(2)11-12(15(3)5-8-17)13(11)16-6-9-18-10-7-16/h11-13,17H,4-10H2,1-3H3. The summed E-state index contributed by atoms with van der Waals surface area (Å²) in [5.41, 5.74) is 0. The van der Waals surface area contributed by atoms with Crippen LogP contribution in [-0.4, -0.2) is 98.0 Å². The van der Waals surface area contributed by atoms with Crippen molar-refractivity contribution in [1.82, 2.24) is 14.7 Å². The smallest absolute Gasteiger partial charge is 0.0594 e. The summed E-state index contributed by atoms with van der Waals surface area (Å²) in [7, 11) is 4.32. The van der Waals surface area contributed by atoms with E-state index in [2.05, 4.69) is 35.7 Å². The van der Waals surface area contributed by atoms with Crippen LogP contribution in [0.4, 0.5) is 0 Å². The van der Waals surface area contributed by atoms with Gasteiger partial charge in [0.25, 0.3) is 0 Å². The maximum Gasteiger partial charge on any atom is 0.0594 e. The lowest BCUT2D eigenvalue weighted by atomic mass is 10.4. The van der Waals surface area contributed by atoms with Crippen LogP contribution in [0, 0.1) is 0 Å². The molecule has 1 saturated carbocycles. The van der Waals surface area contributed by atoms with Gasteiger partial charge in [-0.3, -0.25) is 9.80 Å². The van der Waals surface area contributed by atoms with Gasteiger partial charge >= 0.3 is 0 Å². The lowest BCUT2D eigenvalue weighted by Crippen LogP contribution is -2.42. The summed E-state index contributed by atoms with van der Waals surface area (Å²) in [5, 5.41) is 9.10. The Hall–Kier alpha value is -0.200. The first-order valence-corrected chi connectivity index (χ1v) is 7.03. The van der Waals surface area contributed by atoms with E-state index in [1.807, 2.05) is 0 Å². The van der Waals surface area contributed by atoms with Crippen molar-refractivity contribution in [2.45, 2.75) is 25.0 Å². The summed E-state index contributed by atoms with van der Waals surface area (Å²) in [6.45, 7) is 8.09. The van der Waals surface area contributed by atoms with Crippen molar-refractivity contribution in [3.63, 3.8) is 0 Å². The molecule has 0 radical (unpaired) electrons. The van der Waals surface area contributed by atoms with Gasteiger partial charge in [-0.15, -0.1) is 0 Å². The first-order chi connectivity index (χ1) is 8.70. The molecule has 0 aromatic carbocycles. The summed E-state index contributed by atoms with van der Waals surface area (Å²) < 4.78 is 5.43. The minimum Gasteiger partial charge on any atom is -0.395 e. The summed E-state index contributed by atoms with van der Waals surface area (Å²) in [4.78, 5) is 7.29. The molecule has 2 aliphatic rings. The fourth-order valence-corrected chi connectivity index (χ4v) is 3.13. The molecule has 0 bridgehead atoms. The van der Waals surface area contributed by atoms with Crippen LogP contribution in [-0.2, 0) is 4.74 Å². The van der Waals surface area contributed by atoms with Gasteiger partial charge in [-0.1, -0.05) is 6.92 Å². The van der Waals surface area contributed by atoms with E-state index in [9.17, 15) is 0 Å². The van der Waals surface area contributed by atoms with E-state index in [0.29, 0.717) is 18.1 Å². The van der Waals surface area contributed by atoms with Gasteiger partial charge in [0.15, 0.2) is 0 Å². The molecule has 1 aliphatic carbocycles. The third kappa shape index (κ3) is 2.86. The molecular weight excluding hydrogens is 230 g/mol. The topological polar surface area (TPSA) is 39.2 Å². The van der Waals surface area contributed by atoms with Gasteiger partial charge in [0, 0.05) is 37.8 Å². The number of morpholine rings is 1. The van der Waals surface area contributed by atoms with Gasteiger partial charge in [-0.05, 0) is 20.6 Å². The van der Waals surface area contributed by atoms with Crippen LogP contribution in [0.15, 0.2) is 0 Å². The van der Waals surface area contributed by atoms with E-state index in [1.54, 1.807) is 0 Å². The largest absolute Gasteiger partial charge is 0.395 e. The zero-order chi connectivity index (χ0) is 13.1. The number of nitrogens with zero attached hydrogens (tertiary/aromatic N) is 3. The molecule has 1 saturated heterocycles. The maximum atomic E-state index is 9.10. The predicted molar refractivity (Wildman–Crippen MR) is 71.8 cm³/mol. The Morgan fingerprint density at radius 1 is 1.17 bits per heavy atom. The zero-order valence-corrected chi connectivity index (χ0v) is 11.9. The van der Waals surface area contributed by atoms with Crippen molar-refractivity contribution >= 4 is 0 Å². The molecule has 0 aromatic heterocycles. The summed E-state index contributed by atoms with van der Waals surface area (Å²) in [6, 6.07) is 1.76. The highest BCUT2D eigenvalue weighted by Crippen LogP contribution is 2.37. The summed E-state index contributed by atoms with van der Waals surface area (Å²) in [5.74, 6) is 0. The Balaban J connectivity index is 1.97. The van der Waals surface area contributed by atoms with Gasteiger partial charge in [0.1, 0.15) is 0 Å². The monoisotopic (exact) mass is 257 g/mol. The molecule has 18 heavy (non-hydrogen) atoms. The Labute approximate surface area is 110 Å². The van der Waals surface area contributed by atoms with Crippen LogP contribution in [0.2, 0.25) is 0 Å². The highest BCUT2D eigenvalue weighted by atomic mass is 16.5. The van der Waals surface area contributed by atoms with Crippen molar-refractivity contribution in [2.75, 3.05) is 60.1 Å². The average molecular weight is 257 g/mol. The average Bonchev–Trinajstić information content (AvgIpc) is 3.14. The fraction of sp³-hybridized carbons (Fsp3) is 1.00. The SMILES string of the molecule is CCN(C)C1C(N(C)CCO)C1N1CCOCC1. The molecule has 106 valence electrons. The maximum absolute atomic E-state index is 9.10. The lowest BCUT2D eigenvalue weighted by Gasteiger charge is -2.28. The van der Waals surface area contributed by atoms with E-state index < -0.39 is 0 Å². The summed E-state index contributed by atoms with van der Waals surface area (Å²) >= 11 is 0. The van der Waals surface area contributed by atoms with Gasteiger partial charge < -0.3 is 14.7 Å². The van der Waals surface area contributed by atoms with Crippen molar-refractivity contribution in [1.29, 1.82) is 0 Å². The predicted octanol–water partition coefficient (Wildman–Crippen LogP) is -0.686. The Morgan fingerprint density at radius 3 is 2.33 bits per heavy atom. The Bertz CT molecular complexity index is 259. The van der Waals surface area contributed by atoms with E-state index in [0.717, 1.165) is 39.4 Å². The number of hydrogen-bond donors (Lipinski definition) is 1. The highest BCUT2D eigenvalue weighted by Gasteiger charge is 2.57. The van der Waals surface area contributed by atoms with Crippen molar-refractivity contribution in [3.05, 3.63) is 0 Å². The Morgan fingerprint density at radius 2 is 1.78 bits per heavy atom. The van der Waals surface area contributed by atoms with E-state index in [4.69, 9.17) is 9.84 Å². The molecule has 1 aliphatic heterocycles. The molecular formula is C13H27N3O2. The number of hydrogen-bond acceptors (Lipinski definition) is 5. The zero-order valence-electron chi connectivity index (χ0n) is 11.9. The first kappa shape index (κ1) is 14.2. The molecule has 2 rings (SSSR count). The second-order valence-corrected chi connectivity index (χ2v) is 5.40. The first-order valence-electron chi connectivity index (χ1n) is 7.03. The lowest BCUT2D eigenvalue weighted by molar-refractivity contribution is 0.0269. The van der Waals surface area contributed by atoms with E-state index in [-0.39, 0.29) is 6.61 Å². The quantitative estimate of drug-likeness (QED) is 0.682. The molecule has 5 heteroatoms. The summed E-state index contributed by atoms with van der Waals surface area (Å²) in [6.07, 6.45) is 0. The Kier molecular flexibility index (Phi) is 4.98. The van der Waals surface area contributed by atoms with Crippen molar-refractivity contribution in [3.8, 4) is 0 Å². The number of aliphatic hydroxyl groups is 1. The van der Waals surface area contributed by atoms with E-state index in [1.165, 1.54) is 0 Å². The second kappa shape index (κ2) is 6.30. The highest BCUT2D eigenvalue weighted by molar-refractivity contribution is 5.16. The van der Waals surface area contributed by atoms with Crippen LogP contribution >= 0.6 is 0 Å². The normalized spacial score (nSPS) is 33.3. The van der Waals surface area contributed by atoms with Gasteiger partial charge in [0.2, 0.25) is 0 Å². The van der Waals surface area contributed by atoms with Crippen LogP contribution in [0.1, 0.15) is 6.92 Å². The molecule has 1 heterocycles. The van der Waals surface area contributed by atoms with Crippen molar-refractivity contribution < 1.29 is 9.84 Å². The number of aliphatic hydroxyl groups excluding tert-OH is 1. The van der Waals surface area contributed by atoms with E-state index >= 15 is 0 Å². The minimum absolute atomic E-state index is 0.241. The van der Waals surface area contributed by atoms with Crippen molar-refractivity contribution in [2.24, 2.45) is 0 Å². The van der Waals surface area contributed by atoms with Crippen LogP contribution in [0.25, 0.3) is 0 Å². The fourth-order valence-electron chi connectivity index (χ4n) is 3.13. The third-order valence-electron chi connectivity index (χ3n) is 4.35. The molecule has 0 spiro atoms. The van der Waals surface area contributed by atoms with Crippen LogP contribution < -0.4 is 0 Å². The number of likely N-dealkylation sites (N-methyl/N-ethyl adjacent to an activating group) is 2. The van der Waals surface area contributed by atoms with Gasteiger partial charge in [-0.2, -0.15) is 0 Å². The third-order valence-corrected chi connectivity index (χ3v) is 4.35. The molecule has 5 nitrogen and oxygen atoms in total.